The number of rotatable bonds is 11. The van der Waals surface area contributed by atoms with Crippen LogP contribution in [0.25, 0.3) is 38.7 Å². The quantitative estimate of drug-likeness (QED) is 0.134. The number of ether oxygens (including phenoxy) is 2. The minimum Gasteiger partial charge on any atom is -0.453 e. The molecule has 6 atom stereocenters. The number of benzene rings is 3. The van der Waals surface area contributed by atoms with Gasteiger partial charge < -0.3 is 34.9 Å². The first kappa shape index (κ1) is 47.7. The topological polar surface area (TPSA) is 175 Å². The van der Waals surface area contributed by atoms with Gasteiger partial charge in [0, 0.05) is 31.4 Å². The van der Waals surface area contributed by atoms with Gasteiger partial charge in [-0.2, -0.15) is 0 Å². The summed E-state index contributed by atoms with van der Waals surface area (Å²) in [7, 11) is 2.59. The molecule has 1 unspecified atom stereocenters. The molecule has 3 fully saturated rings. The number of nitrogens with zero attached hydrogens (tertiary/aromatic N) is 4. The number of aromatic nitrogens is 2. The number of methoxy groups -OCH3 is 2. The number of nitrogens with one attached hydrogen (secondary N) is 3. The van der Waals surface area contributed by atoms with Crippen molar-refractivity contribution in [3.8, 4) is 22.3 Å². The number of hydrogen-bond donors (Lipinski definition) is 3. The molecule has 3 aliphatic heterocycles. The lowest BCUT2D eigenvalue weighted by Gasteiger charge is -2.31. The molecule has 2 saturated heterocycles. The second kappa shape index (κ2) is 19.2. The summed E-state index contributed by atoms with van der Waals surface area (Å²) in [5.41, 5.74) is 11.0. The number of carbonyl (C=O) groups is 4. The van der Waals surface area contributed by atoms with Gasteiger partial charge in [0.2, 0.25) is 11.8 Å². The van der Waals surface area contributed by atoms with E-state index in [-0.39, 0.29) is 46.6 Å². The highest BCUT2D eigenvalue weighted by Gasteiger charge is 2.44. The van der Waals surface area contributed by atoms with E-state index in [4.69, 9.17) is 19.5 Å². The molecule has 3 aromatic carbocycles. The van der Waals surface area contributed by atoms with Crippen molar-refractivity contribution in [3.63, 3.8) is 0 Å². The summed E-state index contributed by atoms with van der Waals surface area (Å²) in [6, 6.07) is 17.2. The van der Waals surface area contributed by atoms with Crippen LogP contribution in [0.1, 0.15) is 115 Å². The Bertz CT molecular complexity index is 2790. The van der Waals surface area contributed by atoms with Gasteiger partial charge in [-0.05, 0) is 124 Å². The average molecular weight is 938 g/mol. The molecular formula is C55H67N7O7. The highest BCUT2D eigenvalue weighted by molar-refractivity contribution is 6.04. The highest BCUT2D eigenvalue weighted by Crippen LogP contribution is 2.53. The monoisotopic (exact) mass is 938 g/mol. The van der Waals surface area contributed by atoms with Gasteiger partial charge in [-0.3, -0.25) is 19.4 Å². The van der Waals surface area contributed by atoms with Crippen LogP contribution in [0.4, 0.5) is 9.59 Å². The lowest BCUT2D eigenvalue weighted by molar-refractivity contribution is -0.136. The van der Waals surface area contributed by atoms with Gasteiger partial charge in [0.05, 0.1) is 37.2 Å². The van der Waals surface area contributed by atoms with Crippen molar-refractivity contribution in [1.82, 2.24) is 30.4 Å². The van der Waals surface area contributed by atoms with Gasteiger partial charge >= 0.3 is 12.2 Å². The van der Waals surface area contributed by atoms with Crippen LogP contribution < -0.4 is 16.2 Å². The standard InChI is InChI=1S/C55H67N7O7/c1-30(2)47(58-53(66)68-7)51(64)61-28-32(5)21-45(61)44-24-37(27-56-44)34-11-13-35(14-12-34)38-16-17-39(42-26-55(25-41(38)42)19-9-10-20-55)36-15-18-43-40(23-36)50(63)60-49(57-43)46-22-33(6)29-62(46)52(65)48(31(3)4)59-54(67)69-8/h11-18,23,27,30-33,45-48H,9-10,19-22,24-26,28-29H2,1-8H3,(H,58,66)(H,59,67)(H,57,60,63)/t32-,33-,45-,46-,47?,48-/m0/s1. The molecule has 0 radical (unpaired) electrons. The molecule has 9 rings (SSSR count). The third kappa shape index (κ3) is 9.31. The first-order valence-corrected chi connectivity index (χ1v) is 24.9. The van der Waals surface area contributed by atoms with Crippen LogP contribution in [0.2, 0.25) is 0 Å². The van der Waals surface area contributed by atoms with Gasteiger partial charge in [-0.25, -0.2) is 14.6 Å². The third-order valence-corrected chi connectivity index (χ3v) is 15.6. The van der Waals surface area contributed by atoms with E-state index < -0.39 is 30.3 Å². The number of aliphatic imine (C=N–C) groups is 1. The third-order valence-electron chi connectivity index (χ3n) is 15.6. The van der Waals surface area contributed by atoms with Crippen LogP contribution in [-0.2, 0) is 31.9 Å². The summed E-state index contributed by atoms with van der Waals surface area (Å²) >= 11 is 0. The second-order valence-electron chi connectivity index (χ2n) is 21.3. The molecule has 2 aliphatic carbocycles. The van der Waals surface area contributed by atoms with E-state index in [0.29, 0.717) is 48.6 Å². The molecule has 0 bridgehead atoms. The summed E-state index contributed by atoms with van der Waals surface area (Å²) in [4.78, 5) is 82.8. The maximum atomic E-state index is 14.0. The minimum atomic E-state index is -0.781. The molecular weight excluding hydrogens is 871 g/mol. The number of aromatic amines is 1. The zero-order chi connectivity index (χ0) is 48.9. The summed E-state index contributed by atoms with van der Waals surface area (Å²) in [6.45, 7) is 13.0. The molecule has 1 spiro atoms. The van der Waals surface area contributed by atoms with Gasteiger partial charge in [0.25, 0.3) is 5.56 Å². The maximum absolute atomic E-state index is 14.0. The maximum Gasteiger partial charge on any atom is 0.407 e. The van der Waals surface area contributed by atoms with Crippen molar-refractivity contribution in [2.45, 2.75) is 123 Å². The highest BCUT2D eigenvalue weighted by atomic mass is 16.5. The lowest BCUT2D eigenvalue weighted by Crippen LogP contribution is -2.53. The van der Waals surface area contributed by atoms with Gasteiger partial charge in [-0.15, -0.1) is 0 Å². The Balaban J connectivity index is 0.956. The first-order chi connectivity index (χ1) is 33.1. The van der Waals surface area contributed by atoms with E-state index in [1.165, 1.54) is 56.6 Å². The summed E-state index contributed by atoms with van der Waals surface area (Å²) < 4.78 is 9.65. The Morgan fingerprint density at radius 2 is 1.25 bits per heavy atom. The van der Waals surface area contributed by atoms with Gasteiger partial charge in [0.1, 0.15) is 17.9 Å². The molecule has 14 heteroatoms. The van der Waals surface area contributed by atoms with E-state index in [1.807, 2.05) is 50.9 Å². The zero-order valence-corrected chi connectivity index (χ0v) is 41.3. The fraction of sp³-hybridized carbons (Fsp3) is 0.509. The van der Waals surface area contributed by atoms with Crippen molar-refractivity contribution in [3.05, 3.63) is 93.7 Å². The zero-order valence-electron chi connectivity index (χ0n) is 41.3. The van der Waals surface area contributed by atoms with Crippen LogP contribution in [-0.4, -0.2) is 94.9 Å². The number of hydrogen-bond acceptors (Lipinski definition) is 9. The van der Waals surface area contributed by atoms with Crippen LogP contribution in [0.5, 0.6) is 0 Å². The number of fused-ring (bicyclic) bond motifs is 2. The molecule has 1 aromatic heterocycles. The van der Waals surface area contributed by atoms with Gasteiger partial charge in [0.15, 0.2) is 0 Å². The Morgan fingerprint density at radius 1 is 0.725 bits per heavy atom. The second-order valence-corrected chi connectivity index (χ2v) is 21.3. The number of allylic oxidation sites excluding steroid dienone is 1. The molecule has 5 aliphatic rings. The summed E-state index contributed by atoms with van der Waals surface area (Å²) in [6.07, 6.45) is 9.71. The van der Waals surface area contributed by atoms with Crippen molar-refractivity contribution in [2.24, 2.45) is 34.1 Å². The molecule has 1 saturated carbocycles. The van der Waals surface area contributed by atoms with E-state index in [1.54, 1.807) is 4.90 Å². The number of carbonyl (C=O) groups excluding carboxylic acids is 4. The fourth-order valence-electron chi connectivity index (χ4n) is 12.0. The van der Waals surface area contributed by atoms with E-state index >= 15 is 0 Å². The predicted octanol–water partition coefficient (Wildman–Crippen LogP) is 9.01. The number of H-pyrrole nitrogens is 1. The normalized spacial score (nSPS) is 22.5. The number of likely N-dealkylation sites (tertiary alicyclic amines) is 2. The average Bonchev–Trinajstić information content (AvgIpc) is 4.20. The SMILES string of the molecule is COC(=O)NC(C(=O)N1C[C@@H](C)C[C@H]1C1=NC=C(c2ccc(-c3ccc(-c4ccc5nc([C@@H]6C[C@H](C)CN6C(=O)[C@@H](NC(=O)OC)C(C)C)[nH]c(=O)c5c4)c4c3CC3(CCCC3)C4)cc2)C1)C(C)C. The largest absolute Gasteiger partial charge is 0.453 e. The Hall–Kier alpha value is -6.31. The van der Waals surface area contributed by atoms with Crippen LogP contribution >= 0.6 is 0 Å². The molecule has 364 valence electrons. The van der Waals surface area contributed by atoms with Crippen molar-refractivity contribution >= 4 is 46.2 Å². The Kier molecular flexibility index (Phi) is 13.3. The lowest BCUT2D eigenvalue weighted by atomic mass is 9.82. The number of alkyl carbamates (subject to hydrolysis) is 2. The van der Waals surface area contributed by atoms with Crippen molar-refractivity contribution < 1.29 is 28.7 Å². The first-order valence-electron chi connectivity index (χ1n) is 24.9. The van der Waals surface area contributed by atoms with Crippen molar-refractivity contribution in [1.29, 1.82) is 0 Å². The fourth-order valence-corrected chi connectivity index (χ4v) is 12.0. The number of amides is 4. The van der Waals surface area contributed by atoms with Gasteiger partial charge in [-0.1, -0.05) is 96.8 Å². The minimum absolute atomic E-state index is 0.103. The molecule has 3 N–H and O–H groups in total. The summed E-state index contributed by atoms with van der Waals surface area (Å²) in [5, 5.41) is 5.96. The molecule has 4 aromatic rings. The smallest absolute Gasteiger partial charge is 0.407 e. The summed E-state index contributed by atoms with van der Waals surface area (Å²) in [5.74, 6) is 0.318. The Labute approximate surface area is 404 Å². The molecule has 4 amide bonds. The molecule has 14 nitrogen and oxygen atoms in total. The molecule has 4 heterocycles. The van der Waals surface area contributed by atoms with Crippen LogP contribution in [0.3, 0.4) is 0 Å². The Morgan fingerprint density at radius 3 is 1.81 bits per heavy atom. The van der Waals surface area contributed by atoms with E-state index in [9.17, 15) is 24.0 Å². The predicted molar refractivity (Wildman–Crippen MR) is 267 cm³/mol. The van der Waals surface area contributed by atoms with Crippen LogP contribution in [0.15, 0.2) is 70.6 Å². The van der Waals surface area contributed by atoms with Crippen LogP contribution in [0, 0.1) is 29.1 Å². The van der Waals surface area contributed by atoms with E-state index in [0.717, 1.165) is 52.8 Å². The van der Waals surface area contributed by atoms with E-state index in [2.05, 4.69) is 71.9 Å². The van der Waals surface area contributed by atoms with Crippen molar-refractivity contribution in [2.75, 3.05) is 27.3 Å². The molecule has 69 heavy (non-hydrogen) atoms.